The van der Waals surface area contributed by atoms with Crippen molar-refractivity contribution in [2.45, 2.75) is 45.1 Å². The Hall–Kier alpha value is -2.37. The molecule has 2 aromatic rings. The van der Waals surface area contributed by atoms with Crippen molar-refractivity contribution >= 4 is 5.91 Å². The summed E-state index contributed by atoms with van der Waals surface area (Å²) >= 11 is 0. The molecule has 0 saturated carbocycles. The number of aromatic amines is 1. The van der Waals surface area contributed by atoms with E-state index in [0.717, 1.165) is 31.6 Å². The van der Waals surface area contributed by atoms with Gasteiger partial charge in [0.15, 0.2) is 0 Å². The van der Waals surface area contributed by atoms with Gasteiger partial charge >= 0.3 is 0 Å². The molecule has 3 heterocycles. The number of ether oxygens (including phenoxy) is 1. The van der Waals surface area contributed by atoms with Crippen molar-refractivity contribution in [3.63, 3.8) is 0 Å². The lowest BCUT2D eigenvalue weighted by atomic mass is 9.97. The van der Waals surface area contributed by atoms with Crippen LogP contribution in [0.25, 0.3) is 0 Å². The van der Waals surface area contributed by atoms with Crippen LogP contribution in [0.3, 0.4) is 0 Å². The lowest BCUT2D eigenvalue weighted by molar-refractivity contribution is 0.0703. The van der Waals surface area contributed by atoms with Gasteiger partial charge in [0.1, 0.15) is 5.82 Å². The second kappa shape index (κ2) is 7.47. The minimum absolute atomic E-state index is 0.0302. The van der Waals surface area contributed by atoms with Crippen LogP contribution in [-0.4, -0.2) is 45.0 Å². The molecule has 1 aliphatic heterocycles. The normalized spacial score (nSPS) is 19.1. The van der Waals surface area contributed by atoms with Crippen molar-refractivity contribution < 1.29 is 9.53 Å². The summed E-state index contributed by atoms with van der Waals surface area (Å²) in [5.41, 5.74) is 0.628. The fraction of sp³-hybridized carbons (Fsp3) is 0.500. The minimum Gasteiger partial charge on any atom is -0.475 e. The molecule has 0 aliphatic carbocycles. The molecule has 2 atom stereocenters. The summed E-state index contributed by atoms with van der Waals surface area (Å²) < 4.78 is 5.72. The van der Waals surface area contributed by atoms with Gasteiger partial charge in [0.25, 0.3) is 5.91 Å². The average molecular weight is 328 g/mol. The van der Waals surface area contributed by atoms with Crippen LogP contribution in [0, 0.1) is 0 Å². The van der Waals surface area contributed by atoms with Crippen molar-refractivity contribution in [3.05, 3.63) is 42.1 Å². The number of rotatable bonds is 5. The van der Waals surface area contributed by atoms with Gasteiger partial charge in [0.05, 0.1) is 6.10 Å². The van der Waals surface area contributed by atoms with E-state index in [9.17, 15) is 4.79 Å². The van der Waals surface area contributed by atoms with Crippen molar-refractivity contribution in [1.82, 2.24) is 19.9 Å². The van der Waals surface area contributed by atoms with Gasteiger partial charge in [-0.1, -0.05) is 6.92 Å². The summed E-state index contributed by atoms with van der Waals surface area (Å²) in [6, 6.07) is 3.49. The number of likely N-dealkylation sites (tertiary alicyclic amines) is 1. The van der Waals surface area contributed by atoms with Crippen molar-refractivity contribution in [2.75, 3.05) is 13.1 Å². The van der Waals surface area contributed by atoms with Crippen LogP contribution < -0.4 is 4.74 Å². The maximum absolute atomic E-state index is 12.8. The average Bonchev–Trinajstić information content (AvgIpc) is 3.16. The highest BCUT2D eigenvalue weighted by atomic mass is 16.5. The molecule has 2 unspecified atom stereocenters. The number of amides is 1. The Bertz CT molecular complexity index is 671. The van der Waals surface area contributed by atoms with Gasteiger partial charge in [0, 0.05) is 49.2 Å². The standard InChI is InChI=1S/C18H24N4O2/c1-3-13(2)24-16-11-14(6-7-19-16)18(23)22-10-4-5-15(12-22)17-20-8-9-21-17/h6-9,11,13,15H,3-5,10,12H2,1-2H3,(H,20,21). The van der Waals surface area contributed by atoms with E-state index in [4.69, 9.17) is 4.74 Å². The van der Waals surface area contributed by atoms with Crippen LogP contribution >= 0.6 is 0 Å². The second-order valence-corrected chi connectivity index (χ2v) is 6.28. The summed E-state index contributed by atoms with van der Waals surface area (Å²) in [4.78, 5) is 26.4. The zero-order valence-corrected chi connectivity index (χ0v) is 14.2. The second-order valence-electron chi connectivity index (χ2n) is 6.28. The molecule has 1 N–H and O–H groups in total. The van der Waals surface area contributed by atoms with E-state index in [1.807, 2.05) is 18.0 Å². The predicted molar refractivity (Wildman–Crippen MR) is 91.1 cm³/mol. The Morgan fingerprint density at radius 1 is 1.46 bits per heavy atom. The molecular weight excluding hydrogens is 304 g/mol. The molecule has 128 valence electrons. The Balaban J connectivity index is 1.70. The smallest absolute Gasteiger partial charge is 0.254 e. The zero-order valence-electron chi connectivity index (χ0n) is 14.2. The first-order valence-electron chi connectivity index (χ1n) is 8.58. The number of nitrogens with one attached hydrogen (secondary N) is 1. The lowest BCUT2D eigenvalue weighted by Gasteiger charge is -2.32. The first-order chi connectivity index (χ1) is 11.7. The summed E-state index contributed by atoms with van der Waals surface area (Å²) in [6.07, 6.45) is 8.25. The fourth-order valence-corrected chi connectivity index (χ4v) is 2.96. The predicted octanol–water partition coefficient (Wildman–Crippen LogP) is 3.00. The molecule has 2 aromatic heterocycles. The van der Waals surface area contributed by atoms with E-state index < -0.39 is 0 Å². The minimum atomic E-state index is 0.0302. The van der Waals surface area contributed by atoms with Gasteiger partial charge in [-0.3, -0.25) is 4.79 Å². The van der Waals surface area contributed by atoms with Crippen LogP contribution in [0.5, 0.6) is 5.88 Å². The number of H-pyrrole nitrogens is 1. The third-order valence-corrected chi connectivity index (χ3v) is 4.49. The largest absolute Gasteiger partial charge is 0.475 e. The molecule has 1 fully saturated rings. The topological polar surface area (TPSA) is 71.1 Å². The lowest BCUT2D eigenvalue weighted by Crippen LogP contribution is -2.39. The highest BCUT2D eigenvalue weighted by Crippen LogP contribution is 2.25. The Kier molecular flexibility index (Phi) is 5.13. The Morgan fingerprint density at radius 3 is 3.08 bits per heavy atom. The van der Waals surface area contributed by atoms with E-state index in [1.54, 1.807) is 24.5 Å². The highest BCUT2D eigenvalue weighted by Gasteiger charge is 2.27. The number of aromatic nitrogens is 3. The number of carbonyl (C=O) groups is 1. The van der Waals surface area contributed by atoms with Crippen LogP contribution in [-0.2, 0) is 0 Å². The fourth-order valence-electron chi connectivity index (χ4n) is 2.96. The number of nitrogens with zero attached hydrogens (tertiary/aromatic N) is 3. The molecule has 1 aliphatic rings. The molecule has 6 nitrogen and oxygen atoms in total. The third-order valence-electron chi connectivity index (χ3n) is 4.49. The van der Waals surface area contributed by atoms with Gasteiger partial charge in [-0.25, -0.2) is 9.97 Å². The number of hydrogen-bond acceptors (Lipinski definition) is 4. The Morgan fingerprint density at radius 2 is 2.33 bits per heavy atom. The molecule has 1 amide bonds. The van der Waals surface area contributed by atoms with Crippen molar-refractivity contribution in [1.29, 1.82) is 0 Å². The SMILES string of the molecule is CCC(C)Oc1cc(C(=O)N2CCCC(c3ncc[nH]3)C2)ccn1. The number of imidazole rings is 1. The van der Waals surface area contributed by atoms with Crippen LogP contribution in [0.1, 0.15) is 55.2 Å². The van der Waals surface area contributed by atoms with Gasteiger partial charge in [-0.05, 0) is 32.3 Å². The van der Waals surface area contributed by atoms with Crippen LogP contribution in [0.4, 0.5) is 0 Å². The van der Waals surface area contributed by atoms with Gasteiger partial charge in [0.2, 0.25) is 5.88 Å². The van der Waals surface area contributed by atoms with Gasteiger partial charge in [-0.2, -0.15) is 0 Å². The molecule has 0 aromatic carbocycles. The summed E-state index contributed by atoms with van der Waals surface area (Å²) in [6.45, 7) is 5.52. The molecule has 0 bridgehead atoms. The third kappa shape index (κ3) is 3.75. The quantitative estimate of drug-likeness (QED) is 0.916. The summed E-state index contributed by atoms with van der Waals surface area (Å²) in [7, 11) is 0. The molecule has 24 heavy (non-hydrogen) atoms. The first-order valence-corrected chi connectivity index (χ1v) is 8.58. The van der Waals surface area contributed by atoms with Gasteiger partial charge in [-0.15, -0.1) is 0 Å². The van der Waals surface area contributed by atoms with Crippen LogP contribution in [0.2, 0.25) is 0 Å². The molecule has 6 heteroatoms. The maximum Gasteiger partial charge on any atom is 0.254 e. The molecular formula is C18H24N4O2. The zero-order chi connectivity index (χ0) is 16.9. The molecule has 0 radical (unpaired) electrons. The number of hydrogen-bond donors (Lipinski definition) is 1. The van der Waals surface area contributed by atoms with Crippen molar-refractivity contribution in [3.8, 4) is 5.88 Å². The Labute approximate surface area is 142 Å². The van der Waals surface area contributed by atoms with E-state index in [0.29, 0.717) is 18.0 Å². The highest BCUT2D eigenvalue weighted by molar-refractivity contribution is 5.94. The molecule has 1 saturated heterocycles. The monoisotopic (exact) mass is 328 g/mol. The summed E-state index contributed by atoms with van der Waals surface area (Å²) in [5.74, 6) is 1.77. The molecule has 0 spiro atoms. The number of carbonyl (C=O) groups excluding carboxylic acids is 1. The maximum atomic E-state index is 12.8. The number of piperidine rings is 1. The van der Waals surface area contributed by atoms with E-state index >= 15 is 0 Å². The molecule has 3 rings (SSSR count). The van der Waals surface area contributed by atoms with E-state index in [1.165, 1.54) is 0 Å². The van der Waals surface area contributed by atoms with E-state index in [-0.39, 0.29) is 17.9 Å². The van der Waals surface area contributed by atoms with E-state index in [2.05, 4.69) is 21.9 Å². The number of pyridine rings is 1. The summed E-state index contributed by atoms with van der Waals surface area (Å²) in [5, 5.41) is 0. The van der Waals surface area contributed by atoms with Crippen LogP contribution in [0.15, 0.2) is 30.7 Å². The first kappa shape index (κ1) is 16.5. The van der Waals surface area contributed by atoms with Crippen molar-refractivity contribution in [2.24, 2.45) is 0 Å². The van der Waals surface area contributed by atoms with Gasteiger partial charge < -0.3 is 14.6 Å².